The molecule has 3 aromatic carbocycles. The van der Waals surface area contributed by atoms with Crippen LogP contribution in [0, 0.1) is 21.4 Å². The number of hydrogen-bond donors (Lipinski definition) is 0. The van der Waals surface area contributed by atoms with Gasteiger partial charge in [-0.25, -0.2) is 0 Å². The molecule has 142 valence electrons. The van der Waals surface area contributed by atoms with E-state index in [9.17, 15) is 20.2 Å². The number of allylic oxidation sites excluding steroid dienone is 1. The first-order valence-corrected chi connectivity index (χ1v) is 8.74. The SMILES string of the molecule is N#C/C(=C\c1cccc(OCc2ccc([N+](=O)[O-])cc2)c1)C(=O)c1ccccc1. The second-order valence-corrected chi connectivity index (χ2v) is 6.15. The van der Waals surface area contributed by atoms with Crippen LogP contribution in [0.15, 0.2) is 84.4 Å². The zero-order chi connectivity index (χ0) is 20.6. The quantitative estimate of drug-likeness (QED) is 0.189. The van der Waals surface area contributed by atoms with Gasteiger partial charge in [0.05, 0.1) is 4.92 Å². The number of carbonyl (C=O) groups is 1. The maximum absolute atomic E-state index is 12.5. The van der Waals surface area contributed by atoms with Crippen LogP contribution in [0.4, 0.5) is 5.69 Å². The van der Waals surface area contributed by atoms with E-state index in [1.165, 1.54) is 18.2 Å². The summed E-state index contributed by atoms with van der Waals surface area (Å²) in [6.07, 6.45) is 1.52. The Morgan fingerprint density at radius 3 is 2.41 bits per heavy atom. The summed E-state index contributed by atoms with van der Waals surface area (Å²) in [6, 6.07) is 23.7. The first-order chi connectivity index (χ1) is 14.1. The van der Waals surface area contributed by atoms with Crippen LogP contribution in [0.25, 0.3) is 6.08 Å². The number of nitriles is 1. The number of hydrogen-bond acceptors (Lipinski definition) is 5. The second kappa shape index (κ2) is 9.11. The molecule has 0 saturated heterocycles. The summed E-state index contributed by atoms with van der Waals surface area (Å²) in [6.45, 7) is 0.235. The van der Waals surface area contributed by atoms with E-state index in [2.05, 4.69) is 0 Å². The highest BCUT2D eigenvalue weighted by atomic mass is 16.6. The van der Waals surface area contributed by atoms with Crippen LogP contribution in [0.1, 0.15) is 21.5 Å². The Balaban J connectivity index is 1.73. The molecule has 0 unspecified atom stereocenters. The summed E-state index contributed by atoms with van der Waals surface area (Å²) >= 11 is 0. The molecule has 0 fully saturated rings. The molecule has 0 heterocycles. The molecule has 0 spiro atoms. The third-order valence-electron chi connectivity index (χ3n) is 4.12. The van der Waals surface area contributed by atoms with Crippen LogP contribution in [-0.2, 0) is 6.61 Å². The topological polar surface area (TPSA) is 93.2 Å². The molecule has 0 aliphatic carbocycles. The predicted molar refractivity (Wildman–Crippen MR) is 108 cm³/mol. The van der Waals surface area contributed by atoms with Crippen molar-refractivity contribution in [1.82, 2.24) is 0 Å². The van der Waals surface area contributed by atoms with E-state index in [0.717, 1.165) is 5.56 Å². The number of benzene rings is 3. The lowest BCUT2D eigenvalue weighted by Gasteiger charge is -2.07. The highest BCUT2D eigenvalue weighted by molar-refractivity contribution is 6.14. The highest BCUT2D eigenvalue weighted by Gasteiger charge is 2.11. The zero-order valence-corrected chi connectivity index (χ0v) is 15.3. The zero-order valence-electron chi connectivity index (χ0n) is 15.3. The van der Waals surface area contributed by atoms with Gasteiger partial charge in [-0.3, -0.25) is 14.9 Å². The average molecular weight is 384 g/mol. The first kappa shape index (κ1) is 19.5. The van der Waals surface area contributed by atoms with Crippen molar-refractivity contribution in [3.8, 4) is 11.8 Å². The number of nitro benzene ring substituents is 1. The van der Waals surface area contributed by atoms with Crippen LogP contribution >= 0.6 is 0 Å². The molecule has 0 aliphatic heterocycles. The number of ketones is 1. The van der Waals surface area contributed by atoms with Gasteiger partial charge >= 0.3 is 0 Å². The van der Waals surface area contributed by atoms with E-state index in [4.69, 9.17) is 4.74 Å². The molecule has 0 aliphatic rings. The molecular formula is C23H16N2O4. The predicted octanol–water partition coefficient (Wildman–Crippen LogP) is 4.96. The molecule has 0 N–H and O–H groups in total. The minimum Gasteiger partial charge on any atom is -0.489 e. The highest BCUT2D eigenvalue weighted by Crippen LogP contribution is 2.19. The molecule has 0 atom stereocenters. The Morgan fingerprint density at radius 2 is 1.76 bits per heavy atom. The molecule has 0 radical (unpaired) electrons. The molecule has 3 aromatic rings. The molecule has 3 rings (SSSR count). The van der Waals surface area contributed by atoms with Gasteiger partial charge in [-0.15, -0.1) is 0 Å². The third kappa shape index (κ3) is 5.15. The van der Waals surface area contributed by atoms with Crippen LogP contribution in [0.5, 0.6) is 5.75 Å². The van der Waals surface area contributed by atoms with Gasteiger partial charge in [0.1, 0.15) is 24.0 Å². The lowest BCUT2D eigenvalue weighted by molar-refractivity contribution is -0.384. The smallest absolute Gasteiger partial charge is 0.269 e. The van der Waals surface area contributed by atoms with Gasteiger partial charge < -0.3 is 4.74 Å². The van der Waals surface area contributed by atoms with E-state index in [1.807, 2.05) is 6.07 Å². The Morgan fingerprint density at radius 1 is 1.03 bits per heavy atom. The Hall–Kier alpha value is -4.24. The number of nitro groups is 1. The normalized spacial score (nSPS) is 10.8. The Bertz CT molecular complexity index is 1100. The van der Waals surface area contributed by atoms with Gasteiger partial charge in [0.2, 0.25) is 5.78 Å². The van der Waals surface area contributed by atoms with Gasteiger partial charge in [-0.1, -0.05) is 42.5 Å². The number of non-ortho nitro benzene ring substituents is 1. The molecular weight excluding hydrogens is 368 g/mol. The number of rotatable bonds is 7. The van der Waals surface area contributed by atoms with Gasteiger partial charge in [-0.05, 0) is 41.5 Å². The molecule has 29 heavy (non-hydrogen) atoms. The minimum absolute atomic E-state index is 0.0213. The van der Waals surface area contributed by atoms with Gasteiger partial charge in [0, 0.05) is 17.7 Å². The molecule has 0 saturated carbocycles. The second-order valence-electron chi connectivity index (χ2n) is 6.15. The van der Waals surface area contributed by atoms with Crippen molar-refractivity contribution < 1.29 is 14.5 Å². The van der Waals surface area contributed by atoms with Gasteiger partial charge in [0.15, 0.2) is 0 Å². The van der Waals surface area contributed by atoms with Crippen molar-refractivity contribution in [1.29, 1.82) is 5.26 Å². The molecule has 0 bridgehead atoms. The van der Waals surface area contributed by atoms with E-state index in [0.29, 0.717) is 16.9 Å². The van der Waals surface area contributed by atoms with Crippen molar-refractivity contribution in [2.24, 2.45) is 0 Å². The van der Waals surface area contributed by atoms with Crippen molar-refractivity contribution in [2.45, 2.75) is 6.61 Å². The van der Waals surface area contributed by atoms with Crippen LogP contribution < -0.4 is 4.74 Å². The summed E-state index contributed by atoms with van der Waals surface area (Å²) in [5, 5.41) is 20.1. The fraction of sp³-hybridized carbons (Fsp3) is 0.0435. The number of Topliss-reactive ketones (excluding diaryl/α,β-unsaturated/α-hetero) is 1. The van der Waals surface area contributed by atoms with Crippen molar-refractivity contribution in [3.63, 3.8) is 0 Å². The average Bonchev–Trinajstić information content (AvgIpc) is 2.76. The number of ether oxygens (including phenoxy) is 1. The minimum atomic E-state index is -0.454. The number of carbonyl (C=O) groups excluding carboxylic acids is 1. The van der Waals surface area contributed by atoms with Crippen LogP contribution in [-0.4, -0.2) is 10.7 Å². The van der Waals surface area contributed by atoms with E-state index in [-0.39, 0.29) is 23.7 Å². The molecule has 6 heteroatoms. The number of nitrogens with zero attached hydrogens (tertiary/aromatic N) is 2. The summed E-state index contributed by atoms with van der Waals surface area (Å²) in [7, 11) is 0. The van der Waals surface area contributed by atoms with Crippen LogP contribution in [0.2, 0.25) is 0 Å². The summed E-state index contributed by atoms with van der Waals surface area (Å²) in [4.78, 5) is 22.7. The van der Waals surface area contributed by atoms with Crippen LogP contribution in [0.3, 0.4) is 0 Å². The molecule has 6 nitrogen and oxygen atoms in total. The van der Waals surface area contributed by atoms with Gasteiger partial charge in [-0.2, -0.15) is 5.26 Å². The fourth-order valence-corrected chi connectivity index (χ4v) is 2.63. The van der Waals surface area contributed by atoms with E-state index < -0.39 is 4.92 Å². The van der Waals surface area contributed by atoms with Crippen molar-refractivity contribution >= 4 is 17.5 Å². The summed E-state index contributed by atoms with van der Waals surface area (Å²) in [5.41, 5.74) is 1.95. The molecule has 0 amide bonds. The van der Waals surface area contributed by atoms with E-state index >= 15 is 0 Å². The fourth-order valence-electron chi connectivity index (χ4n) is 2.63. The lowest BCUT2D eigenvalue weighted by atomic mass is 10.0. The maximum atomic E-state index is 12.5. The first-order valence-electron chi connectivity index (χ1n) is 8.74. The Labute approximate surface area is 167 Å². The maximum Gasteiger partial charge on any atom is 0.269 e. The summed E-state index contributed by atoms with van der Waals surface area (Å²) in [5.74, 6) is 0.215. The largest absolute Gasteiger partial charge is 0.489 e. The van der Waals surface area contributed by atoms with Gasteiger partial charge in [0.25, 0.3) is 5.69 Å². The lowest BCUT2D eigenvalue weighted by Crippen LogP contribution is -2.01. The van der Waals surface area contributed by atoms with E-state index in [1.54, 1.807) is 66.7 Å². The summed E-state index contributed by atoms with van der Waals surface area (Å²) < 4.78 is 5.73. The van der Waals surface area contributed by atoms with Crippen molar-refractivity contribution in [2.75, 3.05) is 0 Å². The standard InChI is InChI=1S/C23H16N2O4/c24-15-20(23(26)19-6-2-1-3-7-19)13-18-5-4-8-22(14-18)29-16-17-9-11-21(12-10-17)25(27)28/h1-14H,16H2/b20-13+. The monoisotopic (exact) mass is 384 g/mol. The molecule has 0 aromatic heterocycles. The van der Waals surface area contributed by atoms with Crippen molar-refractivity contribution in [3.05, 3.63) is 111 Å². The third-order valence-corrected chi connectivity index (χ3v) is 4.12. The Kier molecular flexibility index (Phi) is 6.13.